The molecule has 1 aromatic heterocycles. The standard InChI is InChI=1S/C19H17FN2O2S/c1-24-16-7-5-13(6-8-16)17-12-25-19(22-17)10-9-18(23)21-15-4-2-3-14(20)11-15/h2-8,11-12H,9-10H2,1H3,(H,21,23). The number of amides is 1. The van der Waals surface area contributed by atoms with Crippen LogP contribution in [0.5, 0.6) is 5.75 Å². The largest absolute Gasteiger partial charge is 0.497 e. The van der Waals surface area contributed by atoms with Gasteiger partial charge in [0.15, 0.2) is 0 Å². The highest BCUT2D eigenvalue weighted by Crippen LogP contribution is 2.24. The number of aromatic nitrogens is 1. The number of carbonyl (C=O) groups excluding carboxylic acids is 1. The molecule has 128 valence electrons. The van der Waals surface area contributed by atoms with Crippen molar-refractivity contribution in [1.82, 2.24) is 4.98 Å². The lowest BCUT2D eigenvalue weighted by Gasteiger charge is -2.04. The van der Waals surface area contributed by atoms with Gasteiger partial charge in [-0.05, 0) is 42.5 Å². The highest BCUT2D eigenvalue weighted by Gasteiger charge is 2.08. The first-order valence-electron chi connectivity index (χ1n) is 7.78. The lowest BCUT2D eigenvalue weighted by atomic mass is 10.2. The molecule has 6 heteroatoms. The molecule has 0 radical (unpaired) electrons. The van der Waals surface area contributed by atoms with E-state index in [9.17, 15) is 9.18 Å². The summed E-state index contributed by atoms with van der Waals surface area (Å²) in [5, 5.41) is 5.55. The van der Waals surface area contributed by atoms with Crippen molar-refractivity contribution in [2.24, 2.45) is 0 Å². The van der Waals surface area contributed by atoms with Gasteiger partial charge in [-0.1, -0.05) is 6.07 Å². The smallest absolute Gasteiger partial charge is 0.224 e. The van der Waals surface area contributed by atoms with Gasteiger partial charge in [0.1, 0.15) is 11.6 Å². The molecule has 0 unspecified atom stereocenters. The van der Waals surface area contributed by atoms with Gasteiger partial charge in [-0.2, -0.15) is 0 Å². The Bertz CT molecular complexity index is 862. The highest BCUT2D eigenvalue weighted by atomic mass is 32.1. The number of methoxy groups -OCH3 is 1. The summed E-state index contributed by atoms with van der Waals surface area (Å²) in [6.45, 7) is 0. The molecule has 0 bridgehead atoms. The second-order valence-electron chi connectivity index (χ2n) is 5.41. The number of carbonyl (C=O) groups is 1. The third kappa shape index (κ3) is 4.64. The van der Waals surface area contributed by atoms with Gasteiger partial charge in [-0.15, -0.1) is 11.3 Å². The van der Waals surface area contributed by atoms with E-state index in [0.29, 0.717) is 18.5 Å². The lowest BCUT2D eigenvalue weighted by Crippen LogP contribution is -2.12. The Morgan fingerprint density at radius 2 is 2.04 bits per heavy atom. The molecule has 0 aliphatic carbocycles. The maximum atomic E-state index is 13.1. The quantitative estimate of drug-likeness (QED) is 0.706. The van der Waals surface area contributed by atoms with Crippen LogP contribution in [0.4, 0.5) is 10.1 Å². The average Bonchev–Trinajstić information content (AvgIpc) is 3.09. The van der Waals surface area contributed by atoms with Gasteiger partial charge in [0, 0.05) is 29.5 Å². The molecule has 1 amide bonds. The first-order valence-corrected chi connectivity index (χ1v) is 8.66. The number of anilines is 1. The number of ether oxygens (including phenoxy) is 1. The second-order valence-corrected chi connectivity index (χ2v) is 6.36. The zero-order valence-corrected chi connectivity index (χ0v) is 14.5. The Morgan fingerprint density at radius 3 is 2.76 bits per heavy atom. The van der Waals surface area contributed by atoms with E-state index in [1.807, 2.05) is 29.6 Å². The van der Waals surface area contributed by atoms with E-state index in [1.54, 1.807) is 19.2 Å². The normalized spacial score (nSPS) is 10.5. The maximum Gasteiger partial charge on any atom is 0.224 e. The molecular formula is C19H17FN2O2S. The van der Waals surface area contributed by atoms with Gasteiger partial charge in [0.2, 0.25) is 5.91 Å². The summed E-state index contributed by atoms with van der Waals surface area (Å²) < 4.78 is 18.3. The van der Waals surface area contributed by atoms with Crippen molar-refractivity contribution in [3.63, 3.8) is 0 Å². The molecule has 0 atom stereocenters. The summed E-state index contributed by atoms with van der Waals surface area (Å²) >= 11 is 1.52. The monoisotopic (exact) mass is 356 g/mol. The minimum Gasteiger partial charge on any atom is -0.497 e. The van der Waals surface area contributed by atoms with E-state index in [2.05, 4.69) is 10.3 Å². The number of nitrogens with one attached hydrogen (secondary N) is 1. The second kappa shape index (κ2) is 7.90. The third-order valence-corrected chi connectivity index (χ3v) is 4.52. The molecule has 0 saturated carbocycles. The SMILES string of the molecule is COc1ccc(-c2csc(CCC(=O)Nc3cccc(F)c3)n2)cc1. The van der Waals surface area contributed by atoms with E-state index >= 15 is 0 Å². The van der Waals surface area contributed by atoms with Gasteiger partial charge in [-0.25, -0.2) is 9.37 Å². The van der Waals surface area contributed by atoms with Crippen molar-refractivity contribution >= 4 is 22.9 Å². The molecule has 0 spiro atoms. The van der Waals surface area contributed by atoms with Crippen LogP contribution in [0.1, 0.15) is 11.4 Å². The summed E-state index contributed by atoms with van der Waals surface area (Å²) in [6.07, 6.45) is 0.841. The number of halogens is 1. The summed E-state index contributed by atoms with van der Waals surface area (Å²) in [4.78, 5) is 16.5. The first-order chi connectivity index (χ1) is 12.1. The summed E-state index contributed by atoms with van der Waals surface area (Å²) in [7, 11) is 1.63. The van der Waals surface area contributed by atoms with Crippen molar-refractivity contribution in [3.05, 3.63) is 64.7 Å². The number of aryl methyl sites for hydroxylation is 1. The Kier molecular flexibility index (Phi) is 5.40. The van der Waals surface area contributed by atoms with Gasteiger partial charge >= 0.3 is 0 Å². The van der Waals surface area contributed by atoms with Gasteiger partial charge in [0.05, 0.1) is 17.8 Å². The van der Waals surface area contributed by atoms with E-state index in [0.717, 1.165) is 22.0 Å². The first kappa shape index (κ1) is 17.1. The Hall–Kier alpha value is -2.73. The van der Waals surface area contributed by atoms with Crippen LogP contribution in [0.25, 0.3) is 11.3 Å². The van der Waals surface area contributed by atoms with E-state index in [1.165, 1.54) is 23.5 Å². The summed E-state index contributed by atoms with van der Waals surface area (Å²) in [5.74, 6) is 0.266. The molecule has 0 fully saturated rings. The zero-order chi connectivity index (χ0) is 17.6. The Labute approximate surface area is 149 Å². The number of hydrogen-bond acceptors (Lipinski definition) is 4. The van der Waals surface area contributed by atoms with E-state index < -0.39 is 0 Å². The molecule has 3 aromatic rings. The molecule has 3 rings (SSSR count). The predicted octanol–water partition coefficient (Wildman–Crippen LogP) is 4.53. The fraction of sp³-hybridized carbons (Fsp3) is 0.158. The molecule has 2 aromatic carbocycles. The minimum atomic E-state index is -0.373. The Balaban J connectivity index is 1.56. The molecule has 0 aliphatic rings. The summed E-state index contributed by atoms with van der Waals surface area (Å²) in [6, 6.07) is 13.5. The molecule has 25 heavy (non-hydrogen) atoms. The van der Waals surface area contributed by atoms with Crippen LogP contribution in [0.2, 0.25) is 0 Å². The number of hydrogen-bond donors (Lipinski definition) is 1. The van der Waals surface area contributed by atoms with Crippen molar-refractivity contribution in [3.8, 4) is 17.0 Å². The van der Waals surface area contributed by atoms with E-state index in [4.69, 9.17) is 4.74 Å². The number of benzene rings is 2. The molecule has 1 heterocycles. The topological polar surface area (TPSA) is 51.2 Å². The summed E-state index contributed by atoms with van der Waals surface area (Å²) in [5.41, 5.74) is 2.35. The molecule has 0 saturated heterocycles. The van der Waals surface area contributed by atoms with Crippen LogP contribution in [-0.4, -0.2) is 18.0 Å². The van der Waals surface area contributed by atoms with Crippen molar-refractivity contribution < 1.29 is 13.9 Å². The lowest BCUT2D eigenvalue weighted by molar-refractivity contribution is -0.116. The van der Waals surface area contributed by atoms with Crippen molar-refractivity contribution in [1.29, 1.82) is 0 Å². The zero-order valence-electron chi connectivity index (χ0n) is 13.7. The number of nitrogens with zero attached hydrogens (tertiary/aromatic N) is 1. The minimum absolute atomic E-state index is 0.160. The van der Waals surface area contributed by atoms with Crippen LogP contribution in [0.3, 0.4) is 0 Å². The molecule has 1 N–H and O–H groups in total. The van der Waals surface area contributed by atoms with Gasteiger partial charge in [0.25, 0.3) is 0 Å². The predicted molar refractivity (Wildman–Crippen MR) is 97.5 cm³/mol. The van der Waals surface area contributed by atoms with Crippen LogP contribution in [-0.2, 0) is 11.2 Å². The van der Waals surface area contributed by atoms with E-state index in [-0.39, 0.29) is 11.7 Å². The van der Waals surface area contributed by atoms with Crippen LogP contribution < -0.4 is 10.1 Å². The number of thiazole rings is 1. The Morgan fingerprint density at radius 1 is 1.24 bits per heavy atom. The molecular weight excluding hydrogens is 339 g/mol. The number of rotatable bonds is 6. The average molecular weight is 356 g/mol. The van der Waals surface area contributed by atoms with Crippen molar-refractivity contribution in [2.75, 3.05) is 12.4 Å². The fourth-order valence-electron chi connectivity index (χ4n) is 2.33. The molecule has 4 nitrogen and oxygen atoms in total. The molecule has 0 aliphatic heterocycles. The fourth-order valence-corrected chi connectivity index (χ4v) is 3.14. The van der Waals surface area contributed by atoms with Crippen molar-refractivity contribution in [2.45, 2.75) is 12.8 Å². The van der Waals surface area contributed by atoms with Crippen LogP contribution >= 0.6 is 11.3 Å². The van der Waals surface area contributed by atoms with Crippen LogP contribution in [0, 0.1) is 5.82 Å². The maximum absolute atomic E-state index is 13.1. The van der Waals surface area contributed by atoms with Crippen LogP contribution in [0.15, 0.2) is 53.9 Å². The van der Waals surface area contributed by atoms with Gasteiger partial charge in [-0.3, -0.25) is 4.79 Å². The highest BCUT2D eigenvalue weighted by molar-refractivity contribution is 7.09. The third-order valence-electron chi connectivity index (χ3n) is 3.61. The van der Waals surface area contributed by atoms with Gasteiger partial charge < -0.3 is 10.1 Å².